The van der Waals surface area contributed by atoms with E-state index in [1.165, 1.54) is 6.92 Å². The van der Waals surface area contributed by atoms with E-state index in [0.29, 0.717) is 6.08 Å². The maximum absolute atomic E-state index is 12.4. The third-order valence-electron chi connectivity index (χ3n) is 0.941. The zero-order valence-electron chi connectivity index (χ0n) is 5.84. The summed E-state index contributed by atoms with van der Waals surface area (Å²) in [7, 11) is 1.02. The van der Waals surface area contributed by atoms with E-state index < -0.39 is 12.2 Å². The van der Waals surface area contributed by atoms with E-state index in [0.717, 1.165) is 13.2 Å². The third-order valence-corrected chi connectivity index (χ3v) is 0.941. The Morgan fingerprint density at radius 1 is 1.60 bits per heavy atom. The van der Waals surface area contributed by atoms with Gasteiger partial charge in [0, 0.05) is 7.11 Å². The van der Waals surface area contributed by atoms with Crippen LogP contribution in [0.25, 0.3) is 0 Å². The minimum atomic E-state index is -3.29. The summed E-state index contributed by atoms with van der Waals surface area (Å²) >= 11 is 0. The van der Waals surface area contributed by atoms with Crippen LogP contribution in [0.2, 0.25) is 0 Å². The number of allylic oxidation sites excluding steroid dienone is 1. The van der Waals surface area contributed by atoms with Crippen molar-refractivity contribution in [2.24, 2.45) is 0 Å². The minimum absolute atomic E-state index is 0.584. The molecule has 1 N–H and O–H groups in total. The van der Waals surface area contributed by atoms with Crippen molar-refractivity contribution in [2.75, 3.05) is 7.11 Å². The highest BCUT2D eigenvalue weighted by Crippen LogP contribution is 2.20. The van der Waals surface area contributed by atoms with E-state index in [2.05, 4.69) is 4.74 Å². The Morgan fingerprint density at radius 3 is 2.40 bits per heavy atom. The first-order valence-corrected chi connectivity index (χ1v) is 2.77. The average Bonchev–Trinajstić information content (AvgIpc) is 1.86. The van der Waals surface area contributed by atoms with Gasteiger partial charge in [-0.25, -0.2) is 0 Å². The summed E-state index contributed by atoms with van der Waals surface area (Å²) in [5.74, 6) is -3.29. The second kappa shape index (κ2) is 3.63. The molecule has 0 aromatic rings. The molecular formula is C6H10F2O2. The van der Waals surface area contributed by atoms with Gasteiger partial charge in [-0.2, -0.15) is 8.78 Å². The average molecular weight is 152 g/mol. The molecule has 10 heavy (non-hydrogen) atoms. The Bertz CT molecular complexity index is 123. The molecule has 0 spiro atoms. The number of ether oxygens (including phenoxy) is 1. The summed E-state index contributed by atoms with van der Waals surface area (Å²) in [6.45, 7) is 1.44. The van der Waals surface area contributed by atoms with E-state index in [1.54, 1.807) is 0 Å². The van der Waals surface area contributed by atoms with Gasteiger partial charge in [0.2, 0.25) is 6.29 Å². The molecular weight excluding hydrogens is 142 g/mol. The monoisotopic (exact) mass is 152 g/mol. The van der Waals surface area contributed by atoms with Gasteiger partial charge in [0.1, 0.15) is 0 Å². The molecule has 60 valence electrons. The Hall–Kier alpha value is -0.480. The van der Waals surface area contributed by atoms with Crippen molar-refractivity contribution in [1.29, 1.82) is 0 Å². The highest BCUT2D eigenvalue weighted by atomic mass is 19.3. The molecule has 0 aromatic carbocycles. The normalized spacial score (nSPS) is 16.1. The quantitative estimate of drug-likeness (QED) is 0.485. The van der Waals surface area contributed by atoms with E-state index >= 15 is 0 Å². The van der Waals surface area contributed by atoms with E-state index in [4.69, 9.17) is 5.11 Å². The number of hydrogen-bond donors (Lipinski definition) is 1. The lowest BCUT2D eigenvalue weighted by Crippen LogP contribution is -2.32. The molecule has 1 atom stereocenters. The van der Waals surface area contributed by atoms with Crippen LogP contribution in [0, 0.1) is 0 Å². The Kier molecular flexibility index (Phi) is 3.46. The largest absolute Gasteiger partial charge is 0.363 e. The van der Waals surface area contributed by atoms with Crippen molar-refractivity contribution in [1.82, 2.24) is 0 Å². The molecule has 0 saturated heterocycles. The van der Waals surface area contributed by atoms with Gasteiger partial charge in [0.05, 0.1) is 0 Å². The fraction of sp³-hybridized carbons (Fsp3) is 0.667. The highest BCUT2D eigenvalue weighted by molar-refractivity contribution is 4.94. The Labute approximate surface area is 58.1 Å². The zero-order valence-corrected chi connectivity index (χ0v) is 5.84. The van der Waals surface area contributed by atoms with Crippen LogP contribution >= 0.6 is 0 Å². The molecule has 0 radical (unpaired) electrons. The topological polar surface area (TPSA) is 29.5 Å². The second-order valence-corrected chi connectivity index (χ2v) is 1.76. The van der Waals surface area contributed by atoms with Gasteiger partial charge < -0.3 is 9.84 Å². The van der Waals surface area contributed by atoms with Gasteiger partial charge in [0.25, 0.3) is 0 Å². The molecule has 4 heteroatoms. The maximum atomic E-state index is 12.4. The van der Waals surface area contributed by atoms with Crippen LogP contribution in [0.3, 0.4) is 0 Å². The molecule has 0 amide bonds. The van der Waals surface area contributed by atoms with Gasteiger partial charge >= 0.3 is 5.92 Å². The first-order valence-electron chi connectivity index (χ1n) is 2.77. The Morgan fingerprint density at radius 2 is 2.10 bits per heavy atom. The number of rotatable bonds is 3. The van der Waals surface area contributed by atoms with Crippen LogP contribution < -0.4 is 0 Å². The summed E-state index contributed by atoms with van der Waals surface area (Å²) in [6, 6.07) is 0. The number of aliphatic hydroxyl groups is 1. The standard InChI is InChI=1S/C6H10F2O2/c1-3-4-6(7,8)5(9)10-2/h3-5,9H,1-2H3/b4-3+. The van der Waals surface area contributed by atoms with Crippen LogP contribution in [0.15, 0.2) is 12.2 Å². The molecule has 2 nitrogen and oxygen atoms in total. The van der Waals surface area contributed by atoms with Crippen molar-refractivity contribution in [3.8, 4) is 0 Å². The van der Waals surface area contributed by atoms with Gasteiger partial charge in [-0.05, 0) is 13.0 Å². The van der Waals surface area contributed by atoms with Crippen LogP contribution in [0.1, 0.15) is 6.92 Å². The lowest BCUT2D eigenvalue weighted by molar-refractivity contribution is -0.198. The number of aliphatic hydroxyl groups excluding tert-OH is 1. The smallest absolute Gasteiger partial charge is 0.316 e. The molecule has 0 aliphatic heterocycles. The van der Waals surface area contributed by atoms with Crippen LogP contribution in [0.5, 0.6) is 0 Å². The van der Waals surface area contributed by atoms with Gasteiger partial charge in [-0.1, -0.05) is 6.08 Å². The van der Waals surface area contributed by atoms with Crippen LogP contribution in [-0.4, -0.2) is 24.4 Å². The highest BCUT2D eigenvalue weighted by Gasteiger charge is 2.35. The predicted molar refractivity (Wildman–Crippen MR) is 32.8 cm³/mol. The number of halogens is 2. The van der Waals surface area contributed by atoms with Gasteiger partial charge in [-0.3, -0.25) is 0 Å². The first kappa shape index (κ1) is 9.52. The second-order valence-electron chi connectivity index (χ2n) is 1.76. The van der Waals surface area contributed by atoms with Crippen LogP contribution in [-0.2, 0) is 4.74 Å². The molecule has 0 aliphatic rings. The van der Waals surface area contributed by atoms with Crippen molar-refractivity contribution in [3.63, 3.8) is 0 Å². The van der Waals surface area contributed by atoms with Crippen molar-refractivity contribution in [2.45, 2.75) is 19.1 Å². The molecule has 1 unspecified atom stereocenters. The summed E-state index contributed by atoms with van der Waals surface area (Å²) in [5, 5.41) is 8.49. The van der Waals surface area contributed by atoms with Crippen molar-refractivity contribution < 1.29 is 18.6 Å². The molecule has 0 rings (SSSR count). The molecule has 0 saturated carbocycles. The first-order chi connectivity index (χ1) is 4.54. The number of hydrogen-bond acceptors (Lipinski definition) is 2. The number of alkyl halides is 2. The predicted octanol–water partition coefficient (Wildman–Crippen LogP) is 1.16. The fourth-order valence-electron chi connectivity index (χ4n) is 0.462. The lowest BCUT2D eigenvalue weighted by Gasteiger charge is -2.16. The molecule has 0 aliphatic carbocycles. The van der Waals surface area contributed by atoms with Gasteiger partial charge in [0.15, 0.2) is 0 Å². The fourth-order valence-corrected chi connectivity index (χ4v) is 0.462. The lowest BCUT2D eigenvalue weighted by atomic mass is 10.3. The van der Waals surface area contributed by atoms with E-state index in [1.807, 2.05) is 0 Å². The van der Waals surface area contributed by atoms with Gasteiger partial charge in [-0.15, -0.1) is 0 Å². The molecule has 0 bridgehead atoms. The SMILES string of the molecule is C/C=C/C(F)(F)C(O)OC. The Balaban J connectivity index is 4.09. The molecule has 0 aromatic heterocycles. The summed E-state index contributed by atoms with van der Waals surface area (Å²) < 4.78 is 28.7. The van der Waals surface area contributed by atoms with Crippen molar-refractivity contribution in [3.05, 3.63) is 12.2 Å². The molecule has 0 fully saturated rings. The van der Waals surface area contributed by atoms with E-state index in [9.17, 15) is 8.78 Å². The number of methoxy groups -OCH3 is 1. The third kappa shape index (κ3) is 2.41. The van der Waals surface area contributed by atoms with E-state index in [-0.39, 0.29) is 0 Å². The summed E-state index contributed by atoms with van der Waals surface area (Å²) in [4.78, 5) is 0. The molecule has 0 heterocycles. The maximum Gasteiger partial charge on any atom is 0.316 e. The minimum Gasteiger partial charge on any atom is -0.363 e. The van der Waals surface area contributed by atoms with Crippen LogP contribution in [0.4, 0.5) is 8.78 Å². The van der Waals surface area contributed by atoms with Crippen molar-refractivity contribution >= 4 is 0 Å². The summed E-state index contributed by atoms with van der Waals surface area (Å²) in [5.41, 5.74) is 0. The zero-order chi connectivity index (χ0) is 8.20. The summed E-state index contributed by atoms with van der Waals surface area (Å²) in [6.07, 6.45) is -0.313.